The van der Waals surface area contributed by atoms with Crippen molar-refractivity contribution in [3.63, 3.8) is 0 Å². The van der Waals surface area contributed by atoms with E-state index in [-0.39, 0.29) is 22.7 Å². The lowest BCUT2D eigenvalue weighted by molar-refractivity contribution is -0.119. The second kappa shape index (κ2) is 7.34. The summed E-state index contributed by atoms with van der Waals surface area (Å²) in [5, 5.41) is 0.543. The summed E-state index contributed by atoms with van der Waals surface area (Å²) < 4.78 is 26.1. The van der Waals surface area contributed by atoms with Crippen molar-refractivity contribution in [2.45, 2.75) is 32.4 Å². The maximum atomic E-state index is 13.3. The zero-order chi connectivity index (χ0) is 19.9. The SMILES string of the molecule is C[C@@H]1Cc2ccccc2N1C(=O)[C@@H](C)N(c1cc(Cl)ccc1Cl)S(C)(=O)=O. The van der Waals surface area contributed by atoms with E-state index >= 15 is 0 Å². The van der Waals surface area contributed by atoms with Crippen LogP contribution in [0.15, 0.2) is 42.5 Å². The van der Waals surface area contributed by atoms with E-state index < -0.39 is 16.1 Å². The molecule has 1 aliphatic rings. The highest BCUT2D eigenvalue weighted by molar-refractivity contribution is 7.92. The summed E-state index contributed by atoms with van der Waals surface area (Å²) in [6.45, 7) is 3.51. The van der Waals surface area contributed by atoms with Crippen molar-refractivity contribution in [1.82, 2.24) is 0 Å². The second-order valence-electron chi connectivity index (χ2n) is 6.72. The molecule has 0 N–H and O–H groups in total. The van der Waals surface area contributed by atoms with Crippen LogP contribution in [-0.4, -0.2) is 32.7 Å². The van der Waals surface area contributed by atoms with Crippen LogP contribution in [0.5, 0.6) is 0 Å². The molecule has 2 aromatic carbocycles. The number of para-hydroxylation sites is 1. The molecule has 27 heavy (non-hydrogen) atoms. The van der Waals surface area contributed by atoms with Gasteiger partial charge in [-0.25, -0.2) is 8.42 Å². The van der Waals surface area contributed by atoms with Crippen molar-refractivity contribution >= 4 is 50.5 Å². The van der Waals surface area contributed by atoms with Crippen molar-refractivity contribution in [2.24, 2.45) is 0 Å². The maximum absolute atomic E-state index is 13.3. The molecule has 144 valence electrons. The van der Waals surface area contributed by atoms with Crippen LogP contribution < -0.4 is 9.21 Å². The Kier molecular flexibility index (Phi) is 5.43. The fraction of sp³-hybridized carbons (Fsp3) is 0.316. The average Bonchev–Trinajstić information content (AvgIpc) is 2.92. The van der Waals surface area contributed by atoms with Crippen LogP contribution in [0.1, 0.15) is 19.4 Å². The molecule has 0 bridgehead atoms. The van der Waals surface area contributed by atoms with Crippen LogP contribution in [0.4, 0.5) is 11.4 Å². The number of rotatable bonds is 4. The average molecular weight is 427 g/mol. The molecule has 5 nitrogen and oxygen atoms in total. The van der Waals surface area contributed by atoms with Crippen LogP contribution in [0.25, 0.3) is 0 Å². The largest absolute Gasteiger partial charge is 0.307 e. The lowest BCUT2D eigenvalue weighted by atomic mass is 10.1. The van der Waals surface area contributed by atoms with E-state index in [1.807, 2.05) is 31.2 Å². The molecule has 0 aliphatic carbocycles. The normalized spacial score (nSPS) is 17.5. The predicted octanol–water partition coefficient (Wildman–Crippen LogP) is 4.13. The molecule has 0 saturated heterocycles. The van der Waals surface area contributed by atoms with Crippen LogP contribution in [0, 0.1) is 0 Å². The third-order valence-corrected chi connectivity index (χ3v) is 6.44. The number of fused-ring (bicyclic) bond motifs is 1. The van der Waals surface area contributed by atoms with E-state index in [2.05, 4.69) is 0 Å². The van der Waals surface area contributed by atoms with Crippen molar-refractivity contribution in [3.8, 4) is 0 Å². The van der Waals surface area contributed by atoms with E-state index in [0.717, 1.165) is 28.2 Å². The van der Waals surface area contributed by atoms with Gasteiger partial charge < -0.3 is 4.90 Å². The van der Waals surface area contributed by atoms with Crippen molar-refractivity contribution in [1.29, 1.82) is 0 Å². The zero-order valence-electron chi connectivity index (χ0n) is 15.2. The molecule has 2 aromatic rings. The quantitative estimate of drug-likeness (QED) is 0.738. The molecule has 0 unspecified atom stereocenters. The lowest BCUT2D eigenvalue weighted by Crippen LogP contribution is -2.51. The predicted molar refractivity (Wildman–Crippen MR) is 110 cm³/mol. The number of halogens is 2. The van der Waals surface area contributed by atoms with E-state index in [1.165, 1.54) is 12.1 Å². The van der Waals surface area contributed by atoms with Gasteiger partial charge >= 0.3 is 0 Å². The van der Waals surface area contributed by atoms with Crippen LogP contribution in [-0.2, 0) is 21.2 Å². The zero-order valence-corrected chi connectivity index (χ0v) is 17.5. The Morgan fingerprint density at radius 1 is 1.22 bits per heavy atom. The number of anilines is 2. The Morgan fingerprint density at radius 3 is 2.56 bits per heavy atom. The van der Waals surface area contributed by atoms with Gasteiger partial charge in [-0.1, -0.05) is 41.4 Å². The number of hydrogen-bond donors (Lipinski definition) is 0. The van der Waals surface area contributed by atoms with E-state index in [1.54, 1.807) is 17.9 Å². The molecular weight excluding hydrogens is 407 g/mol. The summed E-state index contributed by atoms with van der Waals surface area (Å²) in [6.07, 6.45) is 1.78. The third kappa shape index (κ3) is 3.79. The molecule has 0 fully saturated rings. The maximum Gasteiger partial charge on any atom is 0.250 e. The molecule has 0 spiro atoms. The van der Waals surface area contributed by atoms with Gasteiger partial charge in [-0.3, -0.25) is 9.10 Å². The first kappa shape index (κ1) is 20.0. The fourth-order valence-electron chi connectivity index (χ4n) is 3.53. The fourth-order valence-corrected chi connectivity index (χ4v) is 5.13. The van der Waals surface area contributed by atoms with Gasteiger partial charge in [0.15, 0.2) is 0 Å². The summed E-state index contributed by atoms with van der Waals surface area (Å²) in [6, 6.07) is 11.1. The van der Waals surface area contributed by atoms with Gasteiger partial charge in [-0.05, 0) is 50.1 Å². The molecule has 1 heterocycles. The molecule has 0 saturated carbocycles. The van der Waals surface area contributed by atoms with Crippen molar-refractivity contribution in [2.75, 3.05) is 15.5 Å². The number of nitrogens with zero attached hydrogens (tertiary/aromatic N) is 2. The molecule has 1 amide bonds. The Morgan fingerprint density at radius 2 is 1.89 bits per heavy atom. The van der Waals surface area contributed by atoms with Crippen molar-refractivity contribution < 1.29 is 13.2 Å². The van der Waals surface area contributed by atoms with Gasteiger partial charge in [0, 0.05) is 16.8 Å². The number of sulfonamides is 1. The minimum Gasteiger partial charge on any atom is -0.307 e. The van der Waals surface area contributed by atoms with Gasteiger partial charge in [0.05, 0.1) is 17.0 Å². The van der Waals surface area contributed by atoms with Gasteiger partial charge in [-0.15, -0.1) is 0 Å². The Bertz CT molecular complexity index is 994. The van der Waals surface area contributed by atoms with Gasteiger partial charge in [-0.2, -0.15) is 0 Å². The summed E-state index contributed by atoms with van der Waals surface area (Å²) in [5.74, 6) is -0.311. The highest BCUT2D eigenvalue weighted by Gasteiger charge is 2.38. The Labute approximate surface area is 169 Å². The van der Waals surface area contributed by atoms with Crippen LogP contribution in [0.3, 0.4) is 0 Å². The molecule has 1 aliphatic heterocycles. The molecule has 0 aromatic heterocycles. The summed E-state index contributed by atoms with van der Waals surface area (Å²) in [7, 11) is -3.78. The van der Waals surface area contributed by atoms with Crippen LogP contribution >= 0.6 is 23.2 Å². The Hall–Kier alpha value is -1.76. The molecular formula is C19H20Cl2N2O3S. The molecule has 2 atom stereocenters. The molecule has 0 radical (unpaired) electrons. The minimum absolute atomic E-state index is 0.0615. The second-order valence-corrected chi connectivity index (χ2v) is 9.42. The number of carbonyl (C=O) groups excluding carboxylic acids is 1. The molecule has 3 rings (SSSR count). The lowest BCUT2D eigenvalue weighted by Gasteiger charge is -2.33. The first-order chi connectivity index (χ1) is 12.6. The highest BCUT2D eigenvalue weighted by Crippen LogP contribution is 2.36. The van der Waals surface area contributed by atoms with E-state index in [4.69, 9.17) is 23.2 Å². The third-order valence-electron chi connectivity index (χ3n) is 4.66. The van der Waals surface area contributed by atoms with Crippen molar-refractivity contribution in [3.05, 3.63) is 58.1 Å². The Balaban J connectivity index is 2.04. The molecule has 8 heteroatoms. The highest BCUT2D eigenvalue weighted by atomic mass is 35.5. The number of benzene rings is 2. The summed E-state index contributed by atoms with van der Waals surface area (Å²) >= 11 is 12.3. The van der Waals surface area contributed by atoms with Crippen LogP contribution in [0.2, 0.25) is 10.0 Å². The van der Waals surface area contributed by atoms with E-state index in [0.29, 0.717) is 5.02 Å². The first-order valence-corrected chi connectivity index (χ1v) is 11.1. The summed E-state index contributed by atoms with van der Waals surface area (Å²) in [5.41, 5.74) is 2.07. The van der Waals surface area contributed by atoms with E-state index in [9.17, 15) is 13.2 Å². The number of amides is 1. The number of carbonyl (C=O) groups is 1. The topological polar surface area (TPSA) is 57.7 Å². The standard InChI is InChI=1S/C19H20Cl2N2O3S/c1-12-10-14-6-4-5-7-17(14)22(12)19(24)13(2)23(27(3,25)26)18-11-15(20)8-9-16(18)21/h4-9,11-13H,10H2,1-3H3/t12-,13-/m1/s1. The first-order valence-electron chi connectivity index (χ1n) is 8.46. The minimum atomic E-state index is -3.78. The smallest absolute Gasteiger partial charge is 0.250 e. The van der Waals surface area contributed by atoms with Gasteiger partial charge in [0.2, 0.25) is 10.0 Å². The summed E-state index contributed by atoms with van der Waals surface area (Å²) in [4.78, 5) is 15.0. The monoisotopic (exact) mass is 426 g/mol. The van der Waals surface area contributed by atoms with Gasteiger partial charge in [0.25, 0.3) is 5.91 Å². The number of hydrogen-bond acceptors (Lipinski definition) is 3. The van der Waals surface area contributed by atoms with Gasteiger partial charge in [0.1, 0.15) is 6.04 Å².